The van der Waals surface area contributed by atoms with Crippen LogP contribution in [0.3, 0.4) is 0 Å². The lowest BCUT2D eigenvalue weighted by Crippen LogP contribution is -2.00. The molecule has 0 aliphatic rings. The van der Waals surface area contributed by atoms with E-state index in [4.69, 9.17) is 12.2 Å². The second-order valence-corrected chi connectivity index (χ2v) is 4.77. The van der Waals surface area contributed by atoms with Gasteiger partial charge in [-0.1, -0.05) is 6.07 Å². The zero-order valence-electron chi connectivity index (χ0n) is 8.04. The third-order valence-electron chi connectivity index (χ3n) is 2.20. The number of benzene rings is 1. The summed E-state index contributed by atoms with van der Waals surface area (Å²) in [6.45, 7) is 4.26. The molecule has 0 amide bonds. The summed E-state index contributed by atoms with van der Waals surface area (Å²) in [7, 11) is 0. The molecule has 0 atom stereocenters. The number of fused-ring (bicyclic) bond motifs is 1. The Morgan fingerprint density at radius 2 is 2.14 bits per heavy atom. The molecule has 0 spiro atoms. The van der Waals surface area contributed by atoms with Crippen LogP contribution in [0.5, 0.6) is 0 Å². The molecule has 1 N–H and O–H groups in total. The molecular weight excluding hydrogens is 260 g/mol. The normalized spacial score (nSPS) is 11.4. The number of hydrogen-bond donors (Lipinski definition) is 1. The smallest absolute Gasteiger partial charge is 0.178 e. The molecule has 0 saturated heterocycles. The molecule has 2 rings (SSSR count). The second-order valence-electron chi connectivity index (χ2n) is 3.53. The van der Waals surface area contributed by atoms with Gasteiger partial charge in [0.25, 0.3) is 0 Å². The third kappa shape index (κ3) is 1.42. The highest BCUT2D eigenvalue weighted by Crippen LogP contribution is 2.26. The maximum absolute atomic E-state index is 5.28. The number of H-pyrrole nitrogens is 1. The van der Waals surface area contributed by atoms with E-state index in [9.17, 15) is 0 Å². The number of halogens is 1. The molecule has 0 saturated carbocycles. The molecule has 0 aliphatic heterocycles. The number of rotatable bonds is 1. The number of hydrogen-bond acceptors (Lipinski definition) is 1. The van der Waals surface area contributed by atoms with Crippen LogP contribution in [0.2, 0.25) is 0 Å². The highest BCUT2D eigenvalue weighted by molar-refractivity contribution is 9.10. The van der Waals surface area contributed by atoms with Gasteiger partial charge in [0.15, 0.2) is 4.77 Å². The van der Waals surface area contributed by atoms with E-state index >= 15 is 0 Å². The molecule has 14 heavy (non-hydrogen) atoms. The first-order valence-corrected chi connectivity index (χ1v) is 5.70. The summed E-state index contributed by atoms with van der Waals surface area (Å²) in [5.41, 5.74) is 2.23. The van der Waals surface area contributed by atoms with Crippen LogP contribution in [0.4, 0.5) is 0 Å². The monoisotopic (exact) mass is 270 g/mol. The van der Waals surface area contributed by atoms with Gasteiger partial charge >= 0.3 is 0 Å². The number of nitrogens with one attached hydrogen (secondary N) is 1. The fourth-order valence-electron chi connectivity index (χ4n) is 1.63. The predicted molar refractivity (Wildman–Crippen MR) is 65.2 cm³/mol. The van der Waals surface area contributed by atoms with E-state index in [1.165, 1.54) is 0 Å². The van der Waals surface area contributed by atoms with E-state index in [0.29, 0.717) is 6.04 Å². The maximum atomic E-state index is 5.28. The SMILES string of the molecule is CC(C)n1c(=S)[nH]c2cccc(Br)c21. The molecule has 4 heteroatoms. The number of aromatic amines is 1. The summed E-state index contributed by atoms with van der Waals surface area (Å²) in [5.74, 6) is 0. The molecule has 2 aromatic rings. The highest BCUT2D eigenvalue weighted by atomic mass is 79.9. The Morgan fingerprint density at radius 3 is 2.79 bits per heavy atom. The number of imidazole rings is 1. The van der Waals surface area contributed by atoms with Gasteiger partial charge in [0.1, 0.15) is 0 Å². The summed E-state index contributed by atoms with van der Waals surface area (Å²) < 4.78 is 3.98. The van der Waals surface area contributed by atoms with Crippen LogP contribution in [-0.4, -0.2) is 9.55 Å². The van der Waals surface area contributed by atoms with Gasteiger partial charge in [-0.25, -0.2) is 0 Å². The van der Waals surface area contributed by atoms with Crippen molar-refractivity contribution >= 4 is 39.2 Å². The summed E-state index contributed by atoms with van der Waals surface area (Å²) in [5, 5.41) is 0. The van der Waals surface area contributed by atoms with E-state index < -0.39 is 0 Å². The maximum Gasteiger partial charge on any atom is 0.178 e. The number of aromatic nitrogens is 2. The molecule has 2 nitrogen and oxygen atoms in total. The Labute approximate surface area is 96.1 Å². The Kier molecular flexibility index (Phi) is 2.49. The van der Waals surface area contributed by atoms with Crippen molar-refractivity contribution in [3.8, 4) is 0 Å². The number of nitrogens with zero attached hydrogens (tertiary/aromatic N) is 1. The third-order valence-corrected chi connectivity index (χ3v) is 3.14. The van der Waals surface area contributed by atoms with Gasteiger partial charge < -0.3 is 9.55 Å². The van der Waals surface area contributed by atoms with Crippen molar-refractivity contribution in [2.24, 2.45) is 0 Å². The van der Waals surface area contributed by atoms with E-state index in [0.717, 1.165) is 20.3 Å². The molecule has 1 aromatic heterocycles. The minimum Gasteiger partial charge on any atom is -0.331 e. The van der Waals surface area contributed by atoms with Gasteiger partial charge in [-0.3, -0.25) is 0 Å². The van der Waals surface area contributed by atoms with Crippen LogP contribution in [0.15, 0.2) is 22.7 Å². The van der Waals surface area contributed by atoms with Crippen LogP contribution in [0.1, 0.15) is 19.9 Å². The first-order valence-electron chi connectivity index (χ1n) is 4.50. The van der Waals surface area contributed by atoms with Crippen molar-refractivity contribution in [1.82, 2.24) is 9.55 Å². The van der Waals surface area contributed by atoms with Gasteiger partial charge in [-0.05, 0) is 54.1 Å². The number of para-hydroxylation sites is 1. The van der Waals surface area contributed by atoms with Crippen molar-refractivity contribution in [2.75, 3.05) is 0 Å². The van der Waals surface area contributed by atoms with Crippen molar-refractivity contribution in [3.05, 3.63) is 27.4 Å². The molecule has 1 aromatic carbocycles. The van der Waals surface area contributed by atoms with E-state index in [1.807, 2.05) is 18.2 Å². The standard InChI is InChI=1S/C10H11BrN2S/c1-6(2)13-9-7(11)4-3-5-8(9)12-10(13)14/h3-6H,1-2H3,(H,12,14). The Hall–Kier alpha value is -0.610. The molecular formula is C10H11BrN2S. The second kappa shape index (κ2) is 3.51. The van der Waals surface area contributed by atoms with Gasteiger partial charge in [0, 0.05) is 10.5 Å². The molecule has 0 radical (unpaired) electrons. The van der Waals surface area contributed by atoms with E-state index in [2.05, 4.69) is 39.3 Å². The van der Waals surface area contributed by atoms with Crippen molar-refractivity contribution in [3.63, 3.8) is 0 Å². The first kappa shape index (κ1) is 9.93. The first-order chi connectivity index (χ1) is 6.61. The molecule has 1 heterocycles. The predicted octanol–water partition coefficient (Wildman–Crippen LogP) is 4.04. The molecule has 0 aliphatic carbocycles. The zero-order chi connectivity index (χ0) is 10.3. The summed E-state index contributed by atoms with van der Waals surface area (Å²) in [6, 6.07) is 6.44. The van der Waals surface area contributed by atoms with Gasteiger partial charge in [0.2, 0.25) is 0 Å². The van der Waals surface area contributed by atoms with Gasteiger partial charge in [0.05, 0.1) is 11.0 Å². The van der Waals surface area contributed by atoms with Crippen LogP contribution in [0, 0.1) is 4.77 Å². The minimum absolute atomic E-state index is 0.370. The highest BCUT2D eigenvalue weighted by Gasteiger charge is 2.09. The van der Waals surface area contributed by atoms with Crippen molar-refractivity contribution in [2.45, 2.75) is 19.9 Å². The summed E-state index contributed by atoms with van der Waals surface area (Å²) in [4.78, 5) is 3.20. The molecule has 0 bridgehead atoms. The Bertz CT molecular complexity index is 524. The van der Waals surface area contributed by atoms with E-state index in [-0.39, 0.29) is 0 Å². The van der Waals surface area contributed by atoms with Crippen LogP contribution >= 0.6 is 28.1 Å². The van der Waals surface area contributed by atoms with Crippen LogP contribution in [0.25, 0.3) is 11.0 Å². The van der Waals surface area contributed by atoms with Crippen molar-refractivity contribution in [1.29, 1.82) is 0 Å². The van der Waals surface area contributed by atoms with Gasteiger partial charge in [-0.2, -0.15) is 0 Å². The lowest BCUT2D eigenvalue weighted by atomic mass is 10.3. The summed E-state index contributed by atoms with van der Waals surface area (Å²) in [6.07, 6.45) is 0. The average Bonchev–Trinajstić information content (AvgIpc) is 2.42. The zero-order valence-corrected chi connectivity index (χ0v) is 10.4. The molecule has 0 unspecified atom stereocenters. The summed E-state index contributed by atoms with van der Waals surface area (Å²) >= 11 is 8.82. The van der Waals surface area contributed by atoms with Crippen LogP contribution in [-0.2, 0) is 0 Å². The molecule has 74 valence electrons. The van der Waals surface area contributed by atoms with E-state index in [1.54, 1.807) is 0 Å². The van der Waals surface area contributed by atoms with Gasteiger partial charge in [-0.15, -0.1) is 0 Å². The average molecular weight is 271 g/mol. The lowest BCUT2D eigenvalue weighted by Gasteiger charge is -2.08. The fourth-order valence-corrected chi connectivity index (χ4v) is 2.60. The fraction of sp³-hybridized carbons (Fsp3) is 0.300. The van der Waals surface area contributed by atoms with Crippen LogP contribution < -0.4 is 0 Å². The quantitative estimate of drug-likeness (QED) is 0.776. The Balaban J connectivity index is 2.94. The Morgan fingerprint density at radius 1 is 1.43 bits per heavy atom. The minimum atomic E-state index is 0.370. The largest absolute Gasteiger partial charge is 0.331 e. The lowest BCUT2D eigenvalue weighted by molar-refractivity contribution is 0.609. The topological polar surface area (TPSA) is 20.7 Å². The van der Waals surface area contributed by atoms with Crippen molar-refractivity contribution < 1.29 is 0 Å². The molecule has 0 fully saturated rings.